The zero-order valence-corrected chi connectivity index (χ0v) is 9.43. The van der Waals surface area contributed by atoms with E-state index < -0.39 is 11.5 Å². The maximum absolute atomic E-state index is 11.1. The van der Waals surface area contributed by atoms with Gasteiger partial charge in [0.2, 0.25) is 5.91 Å². The third-order valence-corrected chi connectivity index (χ3v) is 2.95. The molecule has 1 aliphatic carbocycles. The minimum Gasteiger partial charge on any atom is -0.478 e. The Kier molecular flexibility index (Phi) is 2.79. The first kappa shape index (κ1) is 11.5. The number of hydrogen-bond acceptors (Lipinski definition) is 4. The van der Waals surface area contributed by atoms with Crippen LogP contribution in [0.3, 0.4) is 0 Å². The van der Waals surface area contributed by atoms with Gasteiger partial charge in [-0.3, -0.25) is 4.79 Å². The fraction of sp³-hybridized carbons (Fsp3) is 0.455. The summed E-state index contributed by atoms with van der Waals surface area (Å²) in [7, 11) is 0. The monoisotopic (exact) mass is 235 g/mol. The highest BCUT2D eigenvalue weighted by Gasteiger charge is 2.42. The molecule has 0 saturated heterocycles. The molecule has 2 N–H and O–H groups in total. The van der Waals surface area contributed by atoms with Crippen molar-refractivity contribution in [3.63, 3.8) is 0 Å². The van der Waals surface area contributed by atoms with Crippen molar-refractivity contribution in [2.24, 2.45) is 0 Å². The number of aromatic carboxylic acids is 1. The smallest absolute Gasteiger partial charge is 0.338 e. The molecule has 0 spiro atoms. The molecule has 6 heteroatoms. The lowest BCUT2D eigenvalue weighted by molar-refractivity contribution is -0.122. The lowest BCUT2D eigenvalue weighted by Gasteiger charge is -2.40. The molecule has 1 aromatic rings. The Bertz CT molecular complexity index is 452. The zero-order valence-electron chi connectivity index (χ0n) is 9.43. The second-order valence-corrected chi connectivity index (χ2v) is 4.22. The predicted octanol–water partition coefficient (Wildman–Crippen LogP) is 0.690. The number of carboxylic acids is 1. The molecule has 0 bridgehead atoms. The molecule has 0 aromatic carbocycles. The van der Waals surface area contributed by atoms with Crippen molar-refractivity contribution < 1.29 is 14.7 Å². The van der Waals surface area contributed by atoms with E-state index in [1.807, 2.05) is 0 Å². The van der Waals surface area contributed by atoms with Gasteiger partial charge in [-0.25, -0.2) is 14.8 Å². The van der Waals surface area contributed by atoms with Crippen molar-refractivity contribution in [1.29, 1.82) is 0 Å². The highest BCUT2D eigenvalue weighted by atomic mass is 16.4. The normalized spacial score (nSPS) is 17.0. The zero-order chi connectivity index (χ0) is 12.5. The third kappa shape index (κ3) is 2.11. The number of amides is 1. The van der Waals surface area contributed by atoms with Gasteiger partial charge >= 0.3 is 5.97 Å². The van der Waals surface area contributed by atoms with Crippen LogP contribution < -0.4 is 5.32 Å². The van der Waals surface area contributed by atoms with Crippen LogP contribution in [0.15, 0.2) is 12.4 Å². The molecule has 90 valence electrons. The number of nitrogens with zero attached hydrogens (tertiary/aromatic N) is 2. The van der Waals surface area contributed by atoms with Gasteiger partial charge in [-0.1, -0.05) is 0 Å². The number of nitrogens with one attached hydrogen (secondary N) is 1. The van der Waals surface area contributed by atoms with Crippen LogP contribution in [0.5, 0.6) is 0 Å². The molecule has 1 saturated carbocycles. The van der Waals surface area contributed by atoms with Crippen molar-refractivity contribution in [2.75, 3.05) is 0 Å². The Balaban J connectivity index is 2.26. The Hall–Kier alpha value is -1.98. The van der Waals surface area contributed by atoms with Gasteiger partial charge in [0.05, 0.1) is 11.1 Å². The van der Waals surface area contributed by atoms with E-state index >= 15 is 0 Å². The van der Waals surface area contributed by atoms with Crippen LogP contribution in [-0.4, -0.2) is 27.0 Å². The third-order valence-electron chi connectivity index (χ3n) is 2.95. The number of hydrogen-bond donors (Lipinski definition) is 2. The summed E-state index contributed by atoms with van der Waals surface area (Å²) in [5.41, 5.74) is -0.450. The number of carbonyl (C=O) groups is 2. The summed E-state index contributed by atoms with van der Waals surface area (Å²) in [6.07, 6.45) is 5.13. The average Bonchev–Trinajstić information content (AvgIpc) is 2.23. The van der Waals surface area contributed by atoms with Gasteiger partial charge in [-0.2, -0.15) is 0 Å². The van der Waals surface area contributed by atoms with E-state index in [-0.39, 0.29) is 11.5 Å². The van der Waals surface area contributed by atoms with E-state index in [1.54, 1.807) is 0 Å². The highest BCUT2D eigenvalue weighted by Crippen LogP contribution is 2.39. The molecule has 1 heterocycles. The summed E-state index contributed by atoms with van der Waals surface area (Å²) in [5.74, 6) is -0.696. The molecular formula is C11H13N3O3. The van der Waals surface area contributed by atoms with Gasteiger partial charge < -0.3 is 10.4 Å². The number of carboxylic acid groups (broad SMARTS) is 1. The lowest BCUT2D eigenvalue weighted by Crippen LogP contribution is -2.51. The van der Waals surface area contributed by atoms with Crippen LogP contribution in [0.2, 0.25) is 0 Å². The van der Waals surface area contributed by atoms with E-state index in [0.29, 0.717) is 5.82 Å². The molecule has 1 aliphatic rings. The number of aromatic nitrogens is 2. The van der Waals surface area contributed by atoms with Gasteiger partial charge in [0.1, 0.15) is 0 Å². The molecule has 0 unspecified atom stereocenters. The maximum Gasteiger partial charge on any atom is 0.338 e. The van der Waals surface area contributed by atoms with Crippen molar-refractivity contribution in [3.05, 3.63) is 23.8 Å². The first-order chi connectivity index (χ1) is 8.03. The molecule has 1 fully saturated rings. The van der Waals surface area contributed by atoms with Crippen molar-refractivity contribution in [2.45, 2.75) is 31.7 Å². The van der Waals surface area contributed by atoms with E-state index in [1.165, 1.54) is 19.3 Å². The molecule has 2 rings (SSSR count). The quantitative estimate of drug-likeness (QED) is 0.804. The minimum atomic E-state index is -1.06. The van der Waals surface area contributed by atoms with Crippen LogP contribution in [0.25, 0.3) is 0 Å². The summed E-state index contributed by atoms with van der Waals surface area (Å²) >= 11 is 0. The van der Waals surface area contributed by atoms with Crippen LogP contribution in [0, 0.1) is 0 Å². The molecule has 0 atom stereocenters. The van der Waals surface area contributed by atoms with Gasteiger partial charge in [0.25, 0.3) is 0 Å². The standard InChI is InChI=1S/C11H13N3O3/c1-7(15)14-11(3-2-4-11)10-12-5-8(6-13-10)9(16)17/h5-6H,2-4H2,1H3,(H,14,15)(H,16,17). The summed E-state index contributed by atoms with van der Waals surface area (Å²) in [6.45, 7) is 1.45. The minimum absolute atomic E-state index is 0.0473. The van der Waals surface area contributed by atoms with E-state index in [9.17, 15) is 9.59 Å². The molecular weight excluding hydrogens is 222 g/mol. The summed E-state index contributed by atoms with van der Waals surface area (Å²) < 4.78 is 0. The molecule has 1 aromatic heterocycles. The second-order valence-electron chi connectivity index (χ2n) is 4.22. The summed E-state index contributed by atoms with van der Waals surface area (Å²) in [6, 6.07) is 0. The SMILES string of the molecule is CC(=O)NC1(c2ncc(C(=O)O)cn2)CCC1. The van der Waals surface area contributed by atoms with Gasteiger partial charge in [0.15, 0.2) is 5.82 Å². The van der Waals surface area contributed by atoms with E-state index in [0.717, 1.165) is 19.3 Å². The number of rotatable bonds is 3. The van der Waals surface area contributed by atoms with Gasteiger partial charge in [-0.05, 0) is 19.3 Å². The first-order valence-electron chi connectivity index (χ1n) is 5.38. The Morgan fingerprint density at radius 3 is 2.29 bits per heavy atom. The van der Waals surface area contributed by atoms with Crippen molar-refractivity contribution >= 4 is 11.9 Å². The largest absolute Gasteiger partial charge is 0.478 e. The number of carbonyl (C=O) groups excluding carboxylic acids is 1. The van der Waals surface area contributed by atoms with Gasteiger partial charge in [-0.15, -0.1) is 0 Å². The van der Waals surface area contributed by atoms with Crippen molar-refractivity contribution in [3.8, 4) is 0 Å². The van der Waals surface area contributed by atoms with E-state index in [4.69, 9.17) is 5.11 Å². The summed E-state index contributed by atoms with van der Waals surface area (Å²) in [5, 5.41) is 11.6. The molecule has 17 heavy (non-hydrogen) atoms. The van der Waals surface area contributed by atoms with Crippen LogP contribution in [0.4, 0.5) is 0 Å². The topological polar surface area (TPSA) is 92.2 Å². The Morgan fingerprint density at radius 1 is 1.35 bits per heavy atom. The molecule has 6 nitrogen and oxygen atoms in total. The molecule has 0 aliphatic heterocycles. The average molecular weight is 235 g/mol. The van der Waals surface area contributed by atoms with Crippen molar-refractivity contribution in [1.82, 2.24) is 15.3 Å². The second kappa shape index (κ2) is 4.12. The Morgan fingerprint density at radius 2 is 1.94 bits per heavy atom. The fourth-order valence-electron chi connectivity index (χ4n) is 1.96. The Labute approximate surface area is 98.1 Å². The van der Waals surface area contributed by atoms with E-state index in [2.05, 4.69) is 15.3 Å². The molecule has 0 radical (unpaired) electrons. The highest BCUT2D eigenvalue weighted by molar-refractivity contribution is 5.86. The van der Waals surface area contributed by atoms with Crippen LogP contribution in [-0.2, 0) is 10.3 Å². The lowest BCUT2D eigenvalue weighted by atomic mass is 9.76. The fourth-order valence-corrected chi connectivity index (χ4v) is 1.96. The molecule has 1 amide bonds. The first-order valence-corrected chi connectivity index (χ1v) is 5.38. The van der Waals surface area contributed by atoms with Gasteiger partial charge in [0, 0.05) is 19.3 Å². The van der Waals surface area contributed by atoms with Crippen LogP contribution in [0.1, 0.15) is 42.4 Å². The predicted molar refractivity (Wildman–Crippen MR) is 58.3 cm³/mol. The van der Waals surface area contributed by atoms with Crippen LogP contribution >= 0.6 is 0 Å². The maximum atomic E-state index is 11.1. The summed E-state index contributed by atoms with van der Waals surface area (Å²) in [4.78, 5) is 29.9.